The van der Waals surface area contributed by atoms with Gasteiger partial charge in [-0.15, -0.1) is 0 Å². The molecule has 0 N–H and O–H groups in total. The Balaban J connectivity index is 4.38. The van der Waals surface area contributed by atoms with Gasteiger partial charge in [0.05, 0.1) is 0 Å². The molecule has 0 spiro atoms. The van der Waals surface area contributed by atoms with Crippen molar-refractivity contribution in [1.82, 2.24) is 0 Å². The first kappa shape index (κ1) is 62.4. The number of rotatable bonds is 51. The van der Waals surface area contributed by atoms with Crippen molar-refractivity contribution < 1.29 is 28.6 Å². The fourth-order valence-corrected chi connectivity index (χ4v) is 8.02. The van der Waals surface area contributed by atoms with Gasteiger partial charge in [-0.25, -0.2) is 0 Å². The molecule has 0 unspecified atom stereocenters. The first-order valence-electron chi connectivity index (χ1n) is 28.1. The predicted octanol–water partition coefficient (Wildman–Crippen LogP) is 18.7. The summed E-state index contributed by atoms with van der Waals surface area (Å²) in [5.74, 6) is -0.887. The summed E-state index contributed by atoms with van der Waals surface area (Å²) in [6.07, 6.45) is 65.2. The molecule has 0 aliphatic rings. The van der Waals surface area contributed by atoms with Crippen molar-refractivity contribution in [1.29, 1.82) is 0 Å². The Kier molecular flexibility index (Phi) is 51.8. The summed E-state index contributed by atoms with van der Waals surface area (Å²) in [5, 5.41) is 0. The molecule has 0 aromatic carbocycles. The van der Waals surface area contributed by atoms with E-state index in [-0.39, 0.29) is 31.1 Å². The Morgan fingerprint density at radius 1 is 0.308 bits per heavy atom. The van der Waals surface area contributed by atoms with E-state index in [1.807, 2.05) is 0 Å². The second-order valence-corrected chi connectivity index (χ2v) is 18.8. The Labute approximate surface area is 403 Å². The van der Waals surface area contributed by atoms with Crippen LogP contribution in [-0.2, 0) is 28.6 Å². The SMILES string of the molecule is CCCC/C=C/C/C=C/CCCCCCCC(=O)OC[C@H](COC(=O)CCCCCCCCC/C=C/C/C=C/CCCCC)OC(=O)CCCCCCCCCCCCCCCCCC. The number of unbranched alkanes of at least 4 members (excludes halogenated alkanes) is 32. The average molecular weight is 911 g/mol. The molecule has 0 bridgehead atoms. The lowest BCUT2D eigenvalue weighted by Crippen LogP contribution is -2.30. The largest absolute Gasteiger partial charge is 0.462 e. The van der Waals surface area contributed by atoms with Crippen LogP contribution in [0.3, 0.4) is 0 Å². The van der Waals surface area contributed by atoms with Crippen LogP contribution in [0.4, 0.5) is 0 Å². The smallest absolute Gasteiger partial charge is 0.306 e. The van der Waals surface area contributed by atoms with E-state index >= 15 is 0 Å². The summed E-state index contributed by atoms with van der Waals surface area (Å²) in [4.78, 5) is 38.1. The summed E-state index contributed by atoms with van der Waals surface area (Å²) < 4.78 is 16.8. The van der Waals surface area contributed by atoms with E-state index in [1.165, 1.54) is 161 Å². The second kappa shape index (κ2) is 54.0. The number of ether oxygens (including phenoxy) is 3. The molecule has 0 radical (unpaired) electrons. The summed E-state index contributed by atoms with van der Waals surface area (Å²) in [7, 11) is 0. The molecule has 0 heterocycles. The van der Waals surface area contributed by atoms with Crippen LogP contribution in [0.15, 0.2) is 48.6 Å². The van der Waals surface area contributed by atoms with Gasteiger partial charge in [0.1, 0.15) is 13.2 Å². The molecule has 0 aromatic heterocycles. The van der Waals surface area contributed by atoms with Crippen molar-refractivity contribution in [3.8, 4) is 0 Å². The molecule has 0 amide bonds. The van der Waals surface area contributed by atoms with Gasteiger partial charge in [0.15, 0.2) is 6.10 Å². The molecule has 6 heteroatoms. The van der Waals surface area contributed by atoms with Gasteiger partial charge in [-0.05, 0) is 77.0 Å². The van der Waals surface area contributed by atoms with Crippen molar-refractivity contribution in [3.05, 3.63) is 48.6 Å². The Morgan fingerprint density at radius 2 is 0.569 bits per heavy atom. The molecule has 6 nitrogen and oxygen atoms in total. The van der Waals surface area contributed by atoms with Crippen LogP contribution in [0.25, 0.3) is 0 Å². The monoisotopic (exact) mass is 911 g/mol. The van der Waals surface area contributed by atoms with Crippen molar-refractivity contribution in [3.63, 3.8) is 0 Å². The summed E-state index contributed by atoms with van der Waals surface area (Å²) in [6.45, 7) is 6.59. The molecular weight excluding hydrogens is 805 g/mol. The zero-order valence-corrected chi connectivity index (χ0v) is 43.3. The third kappa shape index (κ3) is 52.2. The summed E-state index contributed by atoms with van der Waals surface area (Å²) in [5.41, 5.74) is 0. The predicted molar refractivity (Wildman–Crippen MR) is 279 cm³/mol. The average Bonchev–Trinajstić information content (AvgIpc) is 3.30. The van der Waals surface area contributed by atoms with Crippen molar-refractivity contribution in [2.45, 2.75) is 297 Å². The Bertz CT molecular complexity index is 1140. The van der Waals surface area contributed by atoms with Crippen LogP contribution in [0, 0.1) is 0 Å². The van der Waals surface area contributed by atoms with Gasteiger partial charge in [0.2, 0.25) is 0 Å². The highest BCUT2D eigenvalue weighted by atomic mass is 16.6. The van der Waals surface area contributed by atoms with E-state index in [4.69, 9.17) is 14.2 Å². The summed E-state index contributed by atoms with van der Waals surface area (Å²) in [6, 6.07) is 0. The lowest BCUT2D eigenvalue weighted by atomic mass is 10.0. The van der Waals surface area contributed by atoms with Gasteiger partial charge in [0, 0.05) is 19.3 Å². The highest BCUT2D eigenvalue weighted by Crippen LogP contribution is 2.16. The third-order valence-electron chi connectivity index (χ3n) is 12.3. The molecule has 0 aromatic rings. The third-order valence-corrected chi connectivity index (χ3v) is 12.3. The van der Waals surface area contributed by atoms with Crippen LogP contribution in [0.5, 0.6) is 0 Å². The van der Waals surface area contributed by atoms with Crippen LogP contribution < -0.4 is 0 Å². The fraction of sp³-hybridized carbons (Fsp3) is 0.814. The summed E-state index contributed by atoms with van der Waals surface area (Å²) >= 11 is 0. The van der Waals surface area contributed by atoms with E-state index < -0.39 is 6.10 Å². The molecular formula is C59H106O6. The fourth-order valence-electron chi connectivity index (χ4n) is 8.02. The lowest BCUT2D eigenvalue weighted by Gasteiger charge is -2.18. The second-order valence-electron chi connectivity index (χ2n) is 18.8. The first-order chi connectivity index (χ1) is 32.0. The molecule has 0 rings (SSSR count). The van der Waals surface area contributed by atoms with Crippen LogP contribution >= 0.6 is 0 Å². The number of esters is 3. The quantitative estimate of drug-likeness (QED) is 0.0262. The number of hydrogen-bond acceptors (Lipinski definition) is 6. The Morgan fingerprint density at radius 3 is 0.923 bits per heavy atom. The minimum Gasteiger partial charge on any atom is -0.462 e. The van der Waals surface area contributed by atoms with Gasteiger partial charge in [0.25, 0.3) is 0 Å². The maximum absolute atomic E-state index is 12.8. The van der Waals surface area contributed by atoms with Crippen molar-refractivity contribution >= 4 is 17.9 Å². The Hall–Kier alpha value is -2.63. The van der Waals surface area contributed by atoms with E-state index in [2.05, 4.69) is 69.4 Å². The number of carbonyl (C=O) groups is 3. The van der Waals surface area contributed by atoms with Crippen molar-refractivity contribution in [2.24, 2.45) is 0 Å². The van der Waals surface area contributed by atoms with E-state index in [9.17, 15) is 14.4 Å². The topological polar surface area (TPSA) is 78.9 Å². The van der Waals surface area contributed by atoms with Gasteiger partial charge >= 0.3 is 17.9 Å². The molecule has 0 fully saturated rings. The number of carbonyl (C=O) groups excluding carboxylic acids is 3. The maximum atomic E-state index is 12.8. The van der Waals surface area contributed by atoms with E-state index in [1.54, 1.807) is 0 Å². The first-order valence-corrected chi connectivity index (χ1v) is 28.1. The zero-order chi connectivity index (χ0) is 47.2. The van der Waals surface area contributed by atoms with Gasteiger partial charge < -0.3 is 14.2 Å². The van der Waals surface area contributed by atoms with E-state index in [0.717, 1.165) is 89.9 Å². The van der Waals surface area contributed by atoms with Crippen molar-refractivity contribution in [2.75, 3.05) is 13.2 Å². The number of hydrogen-bond donors (Lipinski definition) is 0. The maximum Gasteiger partial charge on any atom is 0.306 e. The molecule has 0 aliphatic heterocycles. The highest BCUT2D eigenvalue weighted by molar-refractivity contribution is 5.71. The number of allylic oxidation sites excluding steroid dienone is 8. The van der Waals surface area contributed by atoms with Crippen LogP contribution in [0.2, 0.25) is 0 Å². The standard InChI is InChI=1S/C59H106O6/c1-4-7-10-13-16-19-22-25-28-30-32-34-37-40-43-46-49-52-58(61)64-55-56(54-63-57(60)51-48-45-42-39-36-33-27-24-21-18-15-12-9-6-3)65-59(62)53-50-47-44-41-38-35-31-29-26-23-20-17-14-11-8-5-2/h15-16,18-19,24-25,27-28,56H,4-14,17,20-23,26,29-55H2,1-3H3/b18-15+,19-16+,27-24+,28-25+/t56-/m1/s1. The molecule has 1 atom stereocenters. The normalized spacial score (nSPS) is 12.4. The molecule has 65 heavy (non-hydrogen) atoms. The van der Waals surface area contributed by atoms with Gasteiger partial charge in [-0.2, -0.15) is 0 Å². The molecule has 0 aliphatic carbocycles. The molecule has 0 saturated heterocycles. The van der Waals surface area contributed by atoms with Crippen LogP contribution in [-0.4, -0.2) is 37.2 Å². The molecule has 378 valence electrons. The zero-order valence-electron chi connectivity index (χ0n) is 43.3. The minimum atomic E-state index is -0.779. The lowest BCUT2D eigenvalue weighted by molar-refractivity contribution is -0.167. The van der Waals surface area contributed by atoms with Gasteiger partial charge in [-0.3, -0.25) is 14.4 Å². The van der Waals surface area contributed by atoms with Crippen LogP contribution in [0.1, 0.15) is 290 Å². The van der Waals surface area contributed by atoms with Gasteiger partial charge in [-0.1, -0.05) is 243 Å². The molecule has 0 saturated carbocycles. The highest BCUT2D eigenvalue weighted by Gasteiger charge is 2.19. The minimum absolute atomic E-state index is 0.0793. The van der Waals surface area contributed by atoms with E-state index in [0.29, 0.717) is 19.3 Å².